The topological polar surface area (TPSA) is 55.0 Å². The van der Waals surface area contributed by atoms with Crippen molar-refractivity contribution in [3.8, 4) is 0 Å². The van der Waals surface area contributed by atoms with Crippen molar-refractivity contribution in [1.82, 2.24) is 9.97 Å². The SMILES string of the molecule is CC(N)Cc1cncnc1N(C)C. The van der Waals surface area contributed by atoms with E-state index in [1.165, 1.54) is 0 Å². The van der Waals surface area contributed by atoms with E-state index in [1.54, 1.807) is 6.33 Å². The highest BCUT2D eigenvalue weighted by Crippen LogP contribution is 2.14. The maximum absolute atomic E-state index is 5.72. The second-order valence-corrected chi connectivity index (χ2v) is 3.45. The average molecular weight is 180 g/mol. The summed E-state index contributed by atoms with van der Waals surface area (Å²) in [6, 6.07) is 0.143. The maximum Gasteiger partial charge on any atom is 0.134 e. The first-order chi connectivity index (χ1) is 6.11. The van der Waals surface area contributed by atoms with Gasteiger partial charge in [-0.05, 0) is 13.3 Å². The van der Waals surface area contributed by atoms with Crippen molar-refractivity contribution in [2.75, 3.05) is 19.0 Å². The molecule has 72 valence electrons. The molecule has 1 unspecified atom stereocenters. The number of nitrogens with two attached hydrogens (primary N) is 1. The van der Waals surface area contributed by atoms with Gasteiger partial charge in [-0.15, -0.1) is 0 Å². The van der Waals surface area contributed by atoms with E-state index in [4.69, 9.17) is 5.73 Å². The smallest absolute Gasteiger partial charge is 0.134 e. The summed E-state index contributed by atoms with van der Waals surface area (Å²) >= 11 is 0. The van der Waals surface area contributed by atoms with E-state index in [1.807, 2.05) is 32.1 Å². The molecule has 1 rings (SSSR count). The second kappa shape index (κ2) is 4.18. The monoisotopic (exact) mass is 180 g/mol. The van der Waals surface area contributed by atoms with E-state index in [0.717, 1.165) is 17.8 Å². The van der Waals surface area contributed by atoms with Crippen LogP contribution in [-0.4, -0.2) is 30.1 Å². The number of aromatic nitrogens is 2. The van der Waals surface area contributed by atoms with Crippen LogP contribution >= 0.6 is 0 Å². The van der Waals surface area contributed by atoms with Gasteiger partial charge in [-0.25, -0.2) is 9.97 Å². The molecular weight excluding hydrogens is 164 g/mol. The molecule has 0 aliphatic carbocycles. The summed E-state index contributed by atoms with van der Waals surface area (Å²) in [5.74, 6) is 0.951. The third kappa shape index (κ3) is 2.66. The minimum atomic E-state index is 0.143. The van der Waals surface area contributed by atoms with Gasteiger partial charge in [-0.1, -0.05) is 0 Å². The number of anilines is 1. The number of hydrogen-bond acceptors (Lipinski definition) is 4. The Bertz CT molecular complexity index is 270. The van der Waals surface area contributed by atoms with Crippen LogP contribution in [0.25, 0.3) is 0 Å². The molecule has 0 aliphatic heterocycles. The Hall–Kier alpha value is -1.16. The van der Waals surface area contributed by atoms with Crippen LogP contribution in [0.3, 0.4) is 0 Å². The van der Waals surface area contributed by atoms with Crippen molar-refractivity contribution in [2.24, 2.45) is 5.73 Å². The minimum absolute atomic E-state index is 0.143. The van der Waals surface area contributed by atoms with Crippen LogP contribution in [0.1, 0.15) is 12.5 Å². The standard InChI is InChI=1S/C9H16N4/c1-7(10)4-8-5-11-6-12-9(8)13(2)3/h5-7H,4,10H2,1-3H3. The molecule has 1 heterocycles. The van der Waals surface area contributed by atoms with Crippen molar-refractivity contribution >= 4 is 5.82 Å². The lowest BCUT2D eigenvalue weighted by Crippen LogP contribution is -2.21. The van der Waals surface area contributed by atoms with Crippen LogP contribution in [0.4, 0.5) is 5.82 Å². The summed E-state index contributed by atoms with van der Waals surface area (Å²) in [4.78, 5) is 10.1. The molecule has 1 aromatic rings. The Kier molecular flexibility index (Phi) is 3.19. The zero-order valence-corrected chi connectivity index (χ0v) is 8.36. The molecule has 0 aliphatic rings. The van der Waals surface area contributed by atoms with Crippen molar-refractivity contribution in [2.45, 2.75) is 19.4 Å². The highest BCUT2D eigenvalue weighted by molar-refractivity contribution is 5.43. The third-order valence-electron chi connectivity index (χ3n) is 1.73. The Balaban J connectivity index is 2.91. The summed E-state index contributed by atoms with van der Waals surface area (Å²) < 4.78 is 0. The molecular formula is C9H16N4. The first-order valence-corrected chi connectivity index (χ1v) is 4.33. The van der Waals surface area contributed by atoms with Crippen molar-refractivity contribution in [3.05, 3.63) is 18.1 Å². The predicted molar refractivity (Wildman–Crippen MR) is 53.7 cm³/mol. The van der Waals surface area contributed by atoms with E-state index < -0.39 is 0 Å². The van der Waals surface area contributed by atoms with Crippen LogP contribution in [0.15, 0.2) is 12.5 Å². The zero-order valence-electron chi connectivity index (χ0n) is 8.36. The lowest BCUT2D eigenvalue weighted by Gasteiger charge is -2.16. The first kappa shape index (κ1) is 9.92. The van der Waals surface area contributed by atoms with Gasteiger partial charge in [-0.3, -0.25) is 0 Å². The van der Waals surface area contributed by atoms with Crippen LogP contribution < -0.4 is 10.6 Å². The molecule has 4 heteroatoms. The molecule has 0 radical (unpaired) electrons. The van der Waals surface area contributed by atoms with Gasteiger partial charge in [0.1, 0.15) is 12.1 Å². The largest absolute Gasteiger partial charge is 0.362 e. The first-order valence-electron chi connectivity index (χ1n) is 4.33. The van der Waals surface area contributed by atoms with Gasteiger partial charge >= 0.3 is 0 Å². The lowest BCUT2D eigenvalue weighted by molar-refractivity contribution is 0.730. The van der Waals surface area contributed by atoms with E-state index >= 15 is 0 Å². The molecule has 4 nitrogen and oxygen atoms in total. The average Bonchev–Trinajstić information content (AvgIpc) is 2.03. The van der Waals surface area contributed by atoms with Crippen molar-refractivity contribution < 1.29 is 0 Å². The highest BCUT2D eigenvalue weighted by atomic mass is 15.1. The highest BCUT2D eigenvalue weighted by Gasteiger charge is 2.07. The Labute approximate surface area is 78.8 Å². The van der Waals surface area contributed by atoms with Gasteiger partial charge in [-0.2, -0.15) is 0 Å². The molecule has 0 saturated heterocycles. The molecule has 0 spiro atoms. The molecule has 13 heavy (non-hydrogen) atoms. The van der Waals surface area contributed by atoms with Gasteiger partial charge in [0.25, 0.3) is 0 Å². The number of hydrogen-bond donors (Lipinski definition) is 1. The molecule has 0 aromatic carbocycles. The fraction of sp³-hybridized carbons (Fsp3) is 0.556. The summed E-state index contributed by atoms with van der Waals surface area (Å²) in [6.07, 6.45) is 4.19. The van der Waals surface area contributed by atoms with E-state index in [2.05, 4.69) is 9.97 Å². The summed E-state index contributed by atoms with van der Waals surface area (Å²) in [6.45, 7) is 1.98. The Morgan fingerprint density at radius 1 is 1.54 bits per heavy atom. The van der Waals surface area contributed by atoms with Crippen LogP contribution in [0.2, 0.25) is 0 Å². The molecule has 0 fully saturated rings. The van der Waals surface area contributed by atoms with Crippen LogP contribution in [-0.2, 0) is 6.42 Å². The molecule has 0 saturated carbocycles. The predicted octanol–water partition coefficient (Wildman–Crippen LogP) is 0.432. The van der Waals surface area contributed by atoms with Crippen LogP contribution in [0, 0.1) is 0 Å². The zero-order chi connectivity index (χ0) is 9.84. The Morgan fingerprint density at radius 3 is 2.77 bits per heavy atom. The van der Waals surface area contributed by atoms with Gasteiger partial charge in [0.05, 0.1) is 0 Å². The van der Waals surface area contributed by atoms with Gasteiger partial charge in [0, 0.05) is 31.9 Å². The lowest BCUT2D eigenvalue weighted by atomic mass is 10.1. The van der Waals surface area contributed by atoms with Gasteiger partial charge in [0.15, 0.2) is 0 Å². The maximum atomic E-state index is 5.72. The minimum Gasteiger partial charge on any atom is -0.362 e. The Morgan fingerprint density at radius 2 is 2.23 bits per heavy atom. The number of nitrogens with zero attached hydrogens (tertiary/aromatic N) is 3. The number of rotatable bonds is 3. The van der Waals surface area contributed by atoms with E-state index in [0.29, 0.717) is 0 Å². The van der Waals surface area contributed by atoms with Crippen molar-refractivity contribution in [3.63, 3.8) is 0 Å². The molecule has 0 bridgehead atoms. The molecule has 1 atom stereocenters. The summed E-state index contributed by atoms with van der Waals surface area (Å²) in [5, 5.41) is 0. The quantitative estimate of drug-likeness (QED) is 0.733. The van der Waals surface area contributed by atoms with E-state index in [9.17, 15) is 0 Å². The molecule has 2 N–H and O–H groups in total. The van der Waals surface area contributed by atoms with Crippen LogP contribution in [0.5, 0.6) is 0 Å². The van der Waals surface area contributed by atoms with E-state index in [-0.39, 0.29) is 6.04 Å². The van der Waals surface area contributed by atoms with Gasteiger partial charge < -0.3 is 10.6 Å². The fourth-order valence-electron chi connectivity index (χ4n) is 1.25. The molecule has 0 amide bonds. The van der Waals surface area contributed by atoms with Gasteiger partial charge in [0.2, 0.25) is 0 Å². The third-order valence-corrected chi connectivity index (χ3v) is 1.73. The summed E-state index contributed by atoms with van der Waals surface area (Å²) in [7, 11) is 3.93. The molecule has 1 aromatic heterocycles. The van der Waals surface area contributed by atoms with Crippen molar-refractivity contribution in [1.29, 1.82) is 0 Å². The second-order valence-electron chi connectivity index (χ2n) is 3.45. The summed E-state index contributed by atoms with van der Waals surface area (Å²) in [5.41, 5.74) is 6.82. The fourth-order valence-corrected chi connectivity index (χ4v) is 1.25. The normalized spacial score (nSPS) is 12.6.